The van der Waals surface area contributed by atoms with Gasteiger partial charge in [0, 0.05) is 12.4 Å². The van der Waals surface area contributed by atoms with E-state index >= 15 is 0 Å². The van der Waals surface area contributed by atoms with Crippen molar-refractivity contribution in [2.75, 3.05) is 12.8 Å². The molecule has 2 atom stereocenters. The second-order valence-corrected chi connectivity index (χ2v) is 11.6. The van der Waals surface area contributed by atoms with E-state index in [1.54, 1.807) is 20.8 Å². The van der Waals surface area contributed by atoms with E-state index < -0.39 is 63.1 Å². The first-order chi connectivity index (χ1) is 16.7. The van der Waals surface area contributed by atoms with Crippen LogP contribution in [0.1, 0.15) is 47.2 Å². The topological polar surface area (TPSA) is 223 Å². The van der Waals surface area contributed by atoms with E-state index in [2.05, 4.69) is 20.9 Å². The molecule has 2 heterocycles. The standard InChI is InChI=1S/C19H29N7O9S2/c1-9-11(14(28)26(9)37(31,32)33)22-13(27)12(10-8-36-16(20)21-10)24-35-19(5,6)15(29)23-25(7)17(30)34-18(2,3)4/h8-9,11H,1-7H3,(H2,20,21)(H,22,27)(H,23,29)(H,31,32,33)/t9-,11-/m1/s1. The van der Waals surface area contributed by atoms with E-state index in [1.165, 1.54) is 33.2 Å². The van der Waals surface area contributed by atoms with Crippen LogP contribution in [-0.2, 0) is 34.3 Å². The van der Waals surface area contributed by atoms with Crippen LogP contribution >= 0.6 is 11.3 Å². The minimum Gasteiger partial charge on any atom is -0.442 e. The van der Waals surface area contributed by atoms with E-state index in [9.17, 15) is 27.6 Å². The van der Waals surface area contributed by atoms with Crippen LogP contribution in [0.25, 0.3) is 0 Å². The molecular formula is C19H29N7O9S2. The second kappa shape index (κ2) is 10.5. The van der Waals surface area contributed by atoms with Gasteiger partial charge < -0.3 is 20.6 Å². The molecule has 1 aliphatic heterocycles. The second-order valence-electron chi connectivity index (χ2n) is 9.40. The van der Waals surface area contributed by atoms with Gasteiger partial charge in [0.15, 0.2) is 10.8 Å². The first kappa shape index (κ1) is 29.7. The predicted molar refractivity (Wildman–Crippen MR) is 130 cm³/mol. The number of nitrogen functional groups attached to an aromatic ring is 1. The summed E-state index contributed by atoms with van der Waals surface area (Å²) in [6.45, 7) is 8.86. The van der Waals surface area contributed by atoms with Gasteiger partial charge in [-0.25, -0.2) is 19.1 Å². The number of carbonyl (C=O) groups excluding carboxylic acids is 4. The van der Waals surface area contributed by atoms with Gasteiger partial charge >= 0.3 is 16.4 Å². The van der Waals surface area contributed by atoms with Crippen LogP contribution in [0.2, 0.25) is 0 Å². The molecule has 0 aromatic carbocycles. The predicted octanol–water partition coefficient (Wildman–Crippen LogP) is -0.359. The molecule has 1 aromatic heterocycles. The summed E-state index contributed by atoms with van der Waals surface area (Å²) in [5, 5.41) is 8.30. The number of aromatic nitrogens is 1. The van der Waals surface area contributed by atoms with Crippen molar-refractivity contribution in [1.29, 1.82) is 0 Å². The molecule has 0 spiro atoms. The van der Waals surface area contributed by atoms with E-state index in [0.717, 1.165) is 16.3 Å². The average Bonchev–Trinajstić information content (AvgIpc) is 3.15. The average molecular weight is 564 g/mol. The number of β-lactam (4-membered cyclic amide) rings is 1. The summed E-state index contributed by atoms with van der Waals surface area (Å²) in [4.78, 5) is 59.1. The Bertz CT molecular complexity index is 1220. The molecule has 1 aromatic rings. The minimum absolute atomic E-state index is 0.0480. The third-order valence-electron chi connectivity index (χ3n) is 4.70. The molecule has 1 fully saturated rings. The normalized spacial score (nSPS) is 18.5. The lowest BCUT2D eigenvalue weighted by molar-refractivity contribution is -0.147. The molecule has 18 heteroatoms. The van der Waals surface area contributed by atoms with Crippen LogP contribution in [0.15, 0.2) is 10.5 Å². The van der Waals surface area contributed by atoms with Crippen LogP contribution < -0.4 is 16.5 Å². The molecule has 37 heavy (non-hydrogen) atoms. The van der Waals surface area contributed by atoms with Crippen molar-refractivity contribution in [3.05, 3.63) is 11.1 Å². The highest BCUT2D eigenvalue weighted by atomic mass is 32.2. The van der Waals surface area contributed by atoms with E-state index in [4.69, 9.17) is 19.9 Å². The van der Waals surface area contributed by atoms with Gasteiger partial charge in [0.25, 0.3) is 17.7 Å². The first-order valence-corrected chi connectivity index (χ1v) is 12.9. The number of anilines is 1. The Kier molecular flexibility index (Phi) is 8.40. The highest BCUT2D eigenvalue weighted by Gasteiger charge is 2.51. The highest BCUT2D eigenvalue weighted by molar-refractivity contribution is 7.84. The molecule has 1 saturated heterocycles. The maximum Gasteiger partial charge on any atom is 0.428 e. The number of nitrogens with zero attached hydrogens (tertiary/aromatic N) is 4. The quantitative estimate of drug-likeness (QED) is 0.145. The molecule has 0 aliphatic carbocycles. The van der Waals surface area contributed by atoms with Gasteiger partial charge in [0.1, 0.15) is 17.3 Å². The summed E-state index contributed by atoms with van der Waals surface area (Å²) in [7, 11) is -3.54. The molecule has 0 bridgehead atoms. The van der Waals surface area contributed by atoms with Crippen LogP contribution in [0, 0.1) is 0 Å². The van der Waals surface area contributed by atoms with Crippen molar-refractivity contribution in [2.24, 2.45) is 5.16 Å². The van der Waals surface area contributed by atoms with Crippen molar-refractivity contribution < 1.29 is 41.7 Å². The zero-order valence-corrected chi connectivity index (χ0v) is 22.8. The number of nitrogens with one attached hydrogen (secondary N) is 2. The zero-order chi connectivity index (χ0) is 28.5. The van der Waals surface area contributed by atoms with E-state index in [0.29, 0.717) is 0 Å². The summed E-state index contributed by atoms with van der Waals surface area (Å²) in [6.07, 6.45) is -0.837. The number of hydrogen-bond donors (Lipinski definition) is 4. The Morgan fingerprint density at radius 1 is 1.27 bits per heavy atom. The highest BCUT2D eigenvalue weighted by Crippen LogP contribution is 2.23. The van der Waals surface area contributed by atoms with Gasteiger partial charge in [-0.05, 0) is 41.5 Å². The van der Waals surface area contributed by atoms with Crippen molar-refractivity contribution in [3.8, 4) is 0 Å². The molecule has 16 nitrogen and oxygen atoms in total. The number of hydrazine groups is 1. The SMILES string of the molecule is C[C@@H]1[C@@H](NC(=O)C(=NOC(C)(C)C(=O)NN(C)C(=O)OC(C)(C)C)c2csc(N)n2)C(=O)N1S(=O)(=O)O. The van der Waals surface area contributed by atoms with Gasteiger partial charge in [-0.1, -0.05) is 5.16 Å². The molecule has 5 N–H and O–H groups in total. The molecule has 1 aliphatic rings. The maximum atomic E-state index is 12.9. The lowest BCUT2D eigenvalue weighted by Gasteiger charge is -2.42. The molecule has 0 unspecified atom stereocenters. The van der Waals surface area contributed by atoms with Crippen LogP contribution in [-0.4, -0.2) is 87.1 Å². The number of rotatable bonds is 7. The zero-order valence-electron chi connectivity index (χ0n) is 21.1. The van der Waals surface area contributed by atoms with Crippen LogP contribution in [0.5, 0.6) is 0 Å². The number of thiazole rings is 1. The van der Waals surface area contributed by atoms with E-state index in [-0.39, 0.29) is 15.1 Å². The molecule has 0 radical (unpaired) electrons. The van der Waals surface area contributed by atoms with Crippen molar-refractivity contribution in [1.82, 2.24) is 25.0 Å². The number of ether oxygens (including phenoxy) is 1. The van der Waals surface area contributed by atoms with Gasteiger partial charge in [0.2, 0.25) is 5.60 Å². The fourth-order valence-electron chi connectivity index (χ4n) is 2.78. The summed E-state index contributed by atoms with van der Waals surface area (Å²) in [5.74, 6) is -2.88. The van der Waals surface area contributed by atoms with E-state index in [1.807, 2.05) is 0 Å². The Morgan fingerprint density at radius 3 is 2.32 bits per heavy atom. The smallest absolute Gasteiger partial charge is 0.428 e. The van der Waals surface area contributed by atoms with Crippen LogP contribution in [0.3, 0.4) is 0 Å². The van der Waals surface area contributed by atoms with Gasteiger partial charge in [-0.2, -0.15) is 8.42 Å². The summed E-state index contributed by atoms with van der Waals surface area (Å²) < 4.78 is 37.1. The molecule has 2 rings (SSSR count). The fourth-order valence-corrected chi connectivity index (χ4v) is 4.21. The van der Waals surface area contributed by atoms with Crippen molar-refractivity contribution in [2.45, 2.75) is 64.8 Å². The first-order valence-electron chi connectivity index (χ1n) is 10.6. The third-order valence-corrected chi connectivity index (χ3v) is 6.38. The minimum atomic E-state index is -4.80. The third kappa shape index (κ3) is 7.26. The number of amides is 4. The van der Waals surface area contributed by atoms with Gasteiger partial charge in [0.05, 0.1) is 6.04 Å². The van der Waals surface area contributed by atoms with Crippen molar-refractivity contribution >= 4 is 56.3 Å². The molecule has 206 valence electrons. The Balaban J connectivity index is 2.20. The summed E-state index contributed by atoms with van der Waals surface area (Å²) >= 11 is 0.975. The van der Waals surface area contributed by atoms with Gasteiger partial charge in [-0.3, -0.25) is 24.4 Å². The summed E-state index contributed by atoms with van der Waals surface area (Å²) in [6, 6.07) is -2.38. The number of oxime groups is 1. The summed E-state index contributed by atoms with van der Waals surface area (Å²) in [5.41, 5.74) is 4.86. The Labute approximate surface area is 217 Å². The lowest BCUT2D eigenvalue weighted by atomic mass is 10.0. The molecular weight excluding hydrogens is 534 g/mol. The lowest BCUT2D eigenvalue weighted by Crippen LogP contribution is -2.71. The number of nitrogens with two attached hydrogens (primary N) is 1. The monoisotopic (exact) mass is 563 g/mol. The maximum absolute atomic E-state index is 12.9. The number of carbonyl (C=O) groups is 4. The largest absolute Gasteiger partial charge is 0.442 e. The Hall–Kier alpha value is -3.51. The molecule has 0 saturated carbocycles. The van der Waals surface area contributed by atoms with Crippen LogP contribution in [0.4, 0.5) is 9.93 Å². The molecule has 4 amide bonds. The fraction of sp³-hybridized carbons (Fsp3) is 0.579. The van der Waals surface area contributed by atoms with Crippen molar-refractivity contribution in [3.63, 3.8) is 0 Å². The Morgan fingerprint density at radius 2 is 1.86 bits per heavy atom. The number of hydrogen-bond acceptors (Lipinski definition) is 12. The van der Waals surface area contributed by atoms with Gasteiger partial charge in [-0.15, -0.1) is 11.3 Å².